The number of benzene rings is 1. The number of nitrogens with zero attached hydrogens (tertiary/aromatic N) is 2. The fraction of sp³-hybridized carbons (Fsp3) is 0.438. The van der Waals surface area contributed by atoms with Crippen molar-refractivity contribution in [1.82, 2.24) is 9.97 Å². The molecule has 0 N–H and O–H groups in total. The van der Waals surface area contributed by atoms with E-state index in [0.29, 0.717) is 5.92 Å². The van der Waals surface area contributed by atoms with Gasteiger partial charge in [-0.25, -0.2) is 0 Å². The second-order valence-electron chi connectivity index (χ2n) is 5.56. The fourth-order valence-electron chi connectivity index (χ4n) is 3.08. The Morgan fingerprint density at radius 3 is 2.89 bits per heavy atom. The molecule has 0 amide bonds. The summed E-state index contributed by atoms with van der Waals surface area (Å²) in [6, 6.07) is 5.69. The van der Waals surface area contributed by atoms with Gasteiger partial charge in [-0.1, -0.05) is 25.8 Å². The normalized spacial score (nSPS) is 23.4. The monoisotopic (exact) mass is 254 g/mol. The van der Waals surface area contributed by atoms with Crippen LogP contribution in [0.4, 0.5) is 0 Å². The molecule has 0 saturated heterocycles. The van der Waals surface area contributed by atoms with Crippen molar-refractivity contribution in [3.8, 4) is 0 Å². The maximum absolute atomic E-state index is 12.7. The van der Waals surface area contributed by atoms with Crippen LogP contribution in [-0.4, -0.2) is 15.8 Å². The lowest BCUT2D eigenvalue weighted by Gasteiger charge is -2.25. The van der Waals surface area contributed by atoms with Crippen LogP contribution in [0.1, 0.15) is 43.0 Å². The molecule has 1 aliphatic rings. The van der Waals surface area contributed by atoms with E-state index < -0.39 is 0 Å². The zero-order chi connectivity index (χ0) is 13.2. The number of ketones is 1. The number of para-hydroxylation sites is 1. The summed E-state index contributed by atoms with van der Waals surface area (Å²) in [5.41, 5.74) is 2.29. The number of carbonyl (C=O) groups excluding carboxylic acids is 1. The van der Waals surface area contributed by atoms with E-state index >= 15 is 0 Å². The number of Topliss-reactive ketones (excluding diaryl/α,β-unsaturated/α-hetero) is 1. The molecule has 3 rings (SSSR count). The first kappa shape index (κ1) is 12.3. The molecule has 2 atom stereocenters. The molecule has 3 nitrogen and oxygen atoms in total. The standard InChI is InChI=1S/C16H18N2O/c1-11-4-2-5-12(10-11)16(19)13-6-3-7-14-15(13)18-9-8-17-14/h3,6-9,11-12H,2,4-5,10H2,1H3. The molecule has 98 valence electrons. The third kappa shape index (κ3) is 2.37. The summed E-state index contributed by atoms with van der Waals surface area (Å²) < 4.78 is 0. The van der Waals surface area contributed by atoms with Gasteiger partial charge in [0, 0.05) is 23.9 Å². The van der Waals surface area contributed by atoms with E-state index in [9.17, 15) is 4.79 Å². The Morgan fingerprint density at radius 1 is 1.21 bits per heavy atom. The minimum Gasteiger partial charge on any atom is -0.294 e. The van der Waals surface area contributed by atoms with Gasteiger partial charge in [0.1, 0.15) is 0 Å². The van der Waals surface area contributed by atoms with E-state index in [1.54, 1.807) is 12.4 Å². The van der Waals surface area contributed by atoms with Crippen LogP contribution in [-0.2, 0) is 0 Å². The predicted octanol–water partition coefficient (Wildman–Crippen LogP) is 3.64. The van der Waals surface area contributed by atoms with Crippen LogP contribution in [0.3, 0.4) is 0 Å². The van der Waals surface area contributed by atoms with E-state index in [0.717, 1.165) is 35.9 Å². The van der Waals surface area contributed by atoms with Gasteiger partial charge in [-0.2, -0.15) is 0 Å². The lowest BCUT2D eigenvalue weighted by atomic mass is 9.78. The first-order chi connectivity index (χ1) is 9.25. The number of fused-ring (bicyclic) bond motifs is 1. The van der Waals surface area contributed by atoms with Gasteiger partial charge >= 0.3 is 0 Å². The molecular formula is C16H18N2O. The third-order valence-corrected chi connectivity index (χ3v) is 4.07. The van der Waals surface area contributed by atoms with Crippen LogP contribution < -0.4 is 0 Å². The van der Waals surface area contributed by atoms with Gasteiger partial charge in [0.15, 0.2) is 5.78 Å². The Balaban J connectivity index is 1.97. The van der Waals surface area contributed by atoms with E-state index in [-0.39, 0.29) is 11.7 Å². The van der Waals surface area contributed by atoms with Crippen LogP contribution in [0, 0.1) is 11.8 Å². The highest BCUT2D eigenvalue weighted by Gasteiger charge is 2.27. The fourth-order valence-corrected chi connectivity index (χ4v) is 3.08. The molecule has 1 aromatic heterocycles. The first-order valence-electron chi connectivity index (χ1n) is 6.99. The molecule has 19 heavy (non-hydrogen) atoms. The Labute approximate surface area is 113 Å². The minimum absolute atomic E-state index is 0.163. The van der Waals surface area contributed by atoms with Crippen LogP contribution in [0.25, 0.3) is 11.0 Å². The minimum atomic E-state index is 0.163. The maximum atomic E-state index is 12.7. The molecule has 1 fully saturated rings. The molecule has 1 aliphatic carbocycles. The number of rotatable bonds is 2. The summed E-state index contributed by atoms with van der Waals surface area (Å²) in [5.74, 6) is 1.07. The maximum Gasteiger partial charge on any atom is 0.168 e. The highest BCUT2D eigenvalue weighted by Crippen LogP contribution is 2.32. The topological polar surface area (TPSA) is 42.9 Å². The van der Waals surface area contributed by atoms with Crippen molar-refractivity contribution in [2.45, 2.75) is 32.6 Å². The second kappa shape index (κ2) is 5.08. The number of aromatic nitrogens is 2. The molecular weight excluding hydrogens is 236 g/mol. The SMILES string of the molecule is CC1CCCC(C(=O)c2cccc3nccnc23)C1. The van der Waals surface area contributed by atoms with Crippen molar-refractivity contribution in [2.24, 2.45) is 11.8 Å². The zero-order valence-electron chi connectivity index (χ0n) is 11.2. The molecule has 1 saturated carbocycles. The molecule has 2 aromatic rings. The predicted molar refractivity (Wildman–Crippen MR) is 75.0 cm³/mol. The Hall–Kier alpha value is -1.77. The Morgan fingerprint density at radius 2 is 2.05 bits per heavy atom. The van der Waals surface area contributed by atoms with Crippen molar-refractivity contribution in [3.63, 3.8) is 0 Å². The highest BCUT2D eigenvalue weighted by molar-refractivity contribution is 6.07. The number of carbonyl (C=O) groups is 1. The average Bonchev–Trinajstić information content (AvgIpc) is 2.46. The van der Waals surface area contributed by atoms with Gasteiger partial charge in [0.2, 0.25) is 0 Å². The molecule has 2 unspecified atom stereocenters. The summed E-state index contributed by atoms with van der Waals surface area (Å²) in [5, 5.41) is 0. The summed E-state index contributed by atoms with van der Waals surface area (Å²) in [6.45, 7) is 2.24. The summed E-state index contributed by atoms with van der Waals surface area (Å²) >= 11 is 0. The van der Waals surface area contributed by atoms with Gasteiger partial charge in [0.05, 0.1) is 11.0 Å². The summed E-state index contributed by atoms with van der Waals surface area (Å²) in [7, 11) is 0. The van der Waals surface area contributed by atoms with Crippen LogP contribution in [0.2, 0.25) is 0 Å². The second-order valence-corrected chi connectivity index (χ2v) is 5.56. The molecule has 1 heterocycles. The van der Waals surface area contributed by atoms with Crippen molar-refractivity contribution in [1.29, 1.82) is 0 Å². The first-order valence-corrected chi connectivity index (χ1v) is 6.99. The highest BCUT2D eigenvalue weighted by atomic mass is 16.1. The van der Waals surface area contributed by atoms with Crippen LogP contribution >= 0.6 is 0 Å². The van der Waals surface area contributed by atoms with Crippen molar-refractivity contribution < 1.29 is 4.79 Å². The van der Waals surface area contributed by atoms with Crippen molar-refractivity contribution >= 4 is 16.8 Å². The molecule has 0 radical (unpaired) electrons. The quantitative estimate of drug-likeness (QED) is 0.768. The van der Waals surface area contributed by atoms with E-state index in [4.69, 9.17) is 0 Å². The smallest absolute Gasteiger partial charge is 0.168 e. The summed E-state index contributed by atoms with van der Waals surface area (Å²) in [6.07, 6.45) is 7.75. The lowest BCUT2D eigenvalue weighted by Crippen LogP contribution is -2.22. The van der Waals surface area contributed by atoms with E-state index in [2.05, 4.69) is 16.9 Å². The average molecular weight is 254 g/mol. The van der Waals surface area contributed by atoms with Gasteiger partial charge in [-0.05, 0) is 30.9 Å². The molecule has 1 aromatic carbocycles. The number of hydrogen-bond acceptors (Lipinski definition) is 3. The molecule has 3 heteroatoms. The van der Waals surface area contributed by atoms with Crippen molar-refractivity contribution in [2.75, 3.05) is 0 Å². The van der Waals surface area contributed by atoms with Gasteiger partial charge < -0.3 is 0 Å². The summed E-state index contributed by atoms with van der Waals surface area (Å²) in [4.78, 5) is 21.3. The zero-order valence-corrected chi connectivity index (χ0v) is 11.2. The number of hydrogen-bond donors (Lipinski definition) is 0. The Kier molecular flexibility index (Phi) is 3.28. The molecule has 0 aliphatic heterocycles. The molecule has 0 bridgehead atoms. The van der Waals surface area contributed by atoms with E-state index in [1.807, 2.05) is 18.2 Å². The third-order valence-electron chi connectivity index (χ3n) is 4.07. The van der Waals surface area contributed by atoms with Crippen LogP contribution in [0.5, 0.6) is 0 Å². The van der Waals surface area contributed by atoms with E-state index in [1.165, 1.54) is 6.42 Å². The van der Waals surface area contributed by atoms with Gasteiger partial charge in [-0.15, -0.1) is 0 Å². The largest absolute Gasteiger partial charge is 0.294 e. The van der Waals surface area contributed by atoms with Gasteiger partial charge in [-0.3, -0.25) is 14.8 Å². The van der Waals surface area contributed by atoms with Crippen LogP contribution in [0.15, 0.2) is 30.6 Å². The van der Waals surface area contributed by atoms with Gasteiger partial charge in [0.25, 0.3) is 0 Å². The van der Waals surface area contributed by atoms with Crippen molar-refractivity contribution in [3.05, 3.63) is 36.2 Å². The Bertz CT molecular complexity index is 603. The molecule has 0 spiro atoms. The lowest BCUT2D eigenvalue weighted by molar-refractivity contribution is 0.0870.